The number of benzene rings is 2. The van der Waals surface area contributed by atoms with E-state index in [0.717, 1.165) is 22.8 Å². The molecule has 3 nitrogen and oxygen atoms in total. The topological polar surface area (TPSA) is 38.0 Å². The highest BCUT2D eigenvalue weighted by Crippen LogP contribution is 2.31. The van der Waals surface area contributed by atoms with Crippen molar-refractivity contribution in [3.63, 3.8) is 0 Å². The Morgan fingerprint density at radius 3 is 2.60 bits per heavy atom. The third kappa shape index (κ3) is 4.09. The van der Waals surface area contributed by atoms with Crippen LogP contribution in [0.1, 0.15) is 16.7 Å². The van der Waals surface area contributed by atoms with Crippen LogP contribution in [-0.4, -0.2) is 21.5 Å². The molecule has 130 valence electrons. The smallest absolute Gasteiger partial charge is 0.394 e. The molecule has 25 heavy (non-hydrogen) atoms. The van der Waals surface area contributed by atoms with Gasteiger partial charge in [0.2, 0.25) is 0 Å². The maximum absolute atomic E-state index is 12.9. The summed E-state index contributed by atoms with van der Waals surface area (Å²) in [5.41, 5.74) is 2.67. The predicted octanol–water partition coefficient (Wildman–Crippen LogP) is 4.15. The van der Waals surface area contributed by atoms with Gasteiger partial charge in [-0.3, -0.25) is 4.68 Å². The molecule has 2 aromatic carbocycles. The first-order valence-electron chi connectivity index (χ1n) is 7.85. The van der Waals surface area contributed by atoms with Crippen LogP contribution in [0.5, 0.6) is 0 Å². The number of hydrogen-bond acceptors (Lipinski definition) is 2. The van der Waals surface area contributed by atoms with Crippen LogP contribution in [0.2, 0.25) is 0 Å². The molecular formula is C19H17F3N2O. The van der Waals surface area contributed by atoms with Crippen LogP contribution in [0, 0.1) is 0 Å². The van der Waals surface area contributed by atoms with Crippen LogP contribution in [0.4, 0.5) is 13.2 Å². The summed E-state index contributed by atoms with van der Waals surface area (Å²) >= 11 is 0. The van der Waals surface area contributed by atoms with E-state index in [0.29, 0.717) is 18.5 Å². The van der Waals surface area contributed by atoms with E-state index in [1.807, 2.05) is 30.5 Å². The minimum atomic E-state index is -4.35. The summed E-state index contributed by atoms with van der Waals surface area (Å²) in [5.74, 6) is 0. The van der Waals surface area contributed by atoms with Crippen LogP contribution in [0.3, 0.4) is 0 Å². The SMILES string of the molecule is OCCn1cc(-c2ccccc2Cc2cccc(C(F)(F)F)c2)cn1. The Balaban J connectivity index is 1.91. The average Bonchev–Trinajstić information content (AvgIpc) is 3.04. The van der Waals surface area contributed by atoms with Gasteiger partial charge in [-0.2, -0.15) is 18.3 Å². The number of halogens is 3. The van der Waals surface area contributed by atoms with Gasteiger partial charge in [0.25, 0.3) is 0 Å². The molecule has 6 heteroatoms. The van der Waals surface area contributed by atoms with Crippen LogP contribution in [-0.2, 0) is 19.1 Å². The second-order valence-corrected chi connectivity index (χ2v) is 5.75. The Kier molecular flexibility index (Phi) is 4.90. The fraction of sp³-hybridized carbons (Fsp3) is 0.211. The molecule has 0 unspecified atom stereocenters. The molecule has 0 bridgehead atoms. The molecule has 3 rings (SSSR count). The van der Waals surface area contributed by atoms with E-state index < -0.39 is 11.7 Å². The van der Waals surface area contributed by atoms with Gasteiger partial charge in [-0.1, -0.05) is 42.5 Å². The Morgan fingerprint density at radius 1 is 1.04 bits per heavy atom. The maximum atomic E-state index is 12.9. The van der Waals surface area contributed by atoms with Gasteiger partial charge in [0.05, 0.1) is 24.9 Å². The quantitative estimate of drug-likeness (QED) is 0.754. The van der Waals surface area contributed by atoms with Crippen molar-refractivity contribution in [2.24, 2.45) is 0 Å². The van der Waals surface area contributed by atoms with E-state index in [4.69, 9.17) is 5.11 Å². The zero-order valence-electron chi connectivity index (χ0n) is 13.4. The van der Waals surface area contributed by atoms with Crippen LogP contribution in [0.15, 0.2) is 60.9 Å². The van der Waals surface area contributed by atoms with Gasteiger partial charge in [0.15, 0.2) is 0 Å². The summed E-state index contributed by atoms with van der Waals surface area (Å²) in [6.07, 6.45) is -0.436. The van der Waals surface area contributed by atoms with Crippen molar-refractivity contribution in [3.8, 4) is 11.1 Å². The highest BCUT2D eigenvalue weighted by Gasteiger charge is 2.30. The second kappa shape index (κ2) is 7.11. The fourth-order valence-electron chi connectivity index (χ4n) is 2.76. The van der Waals surface area contributed by atoms with E-state index >= 15 is 0 Å². The maximum Gasteiger partial charge on any atom is 0.416 e. The van der Waals surface area contributed by atoms with Crippen molar-refractivity contribution in [3.05, 3.63) is 77.6 Å². The Bertz CT molecular complexity index is 856. The third-order valence-corrected chi connectivity index (χ3v) is 3.94. The fourth-order valence-corrected chi connectivity index (χ4v) is 2.76. The van der Waals surface area contributed by atoms with Crippen molar-refractivity contribution in [2.75, 3.05) is 6.61 Å². The van der Waals surface area contributed by atoms with Gasteiger partial charge in [-0.05, 0) is 29.2 Å². The van der Waals surface area contributed by atoms with E-state index in [9.17, 15) is 13.2 Å². The lowest BCUT2D eigenvalue weighted by atomic mass is 9.96. The lowest BCUT2D eigenvalue weighted by Gasteiger charge is -2.11. The first-order chi connectivity index (χ1) is 12.0. The van der Waals surface area contributed by atoms with E-state index in [2.05, 4.69) is 5.10 Å². The number of nitrogens with zero attached hydrogens (tertiary/aromatic N) is 2. The van der Waals surface area contributed by atoms with Crippen molar-refractivity contribution in [1.29, 1.82) is 0 Å². The molecule has 3 aromatic rings. The van der Waals surface area contributed by atoms with Gasteiger partial charge >= 0.3 is 6.18 Å². The Hall–Kier alpha value is -2.60. The highest BCUT2D eigenvalue weighted by atomic mass is 19.4. The molecular weight excluding hydrogens is 329 g/mol. The molecule has 0 saturated heterocycles. The lowest BCUT2D eigenvalue weighted by molar-refractivity contribution is -0.137. The van der Waals surface area contributed by atoms with Gasteiger partial charge in [-0.15, -0.1) is 0 Å². The molecule has 0 aliphatic rings. The molecule has 0 aliphatic heterocycles. The molecule has 0 fully saturated rings. The minimum absolute atomic E-state index is 0.00694. The van der Waals surface area contributed by atoms with Crippen LogP contribution < -0.4 is 0 Å². The molecule has 0 saturated carbocycles. The lowest BCUT2D eigenvalue weighted by Crippen LogP contribution is -2.05. The molecule has 0 amide bonds. The van der Waals surface area contributed by atoms with Crippen molar-refractivity contribution < 1.29 is 18.3 Å². The van der Waals surface area contributed by atoms with Crippen molar-refractivity contribution >= 4 is 0 Å². The van der Waals surface area contributed by atoms with Gasteiger partial charge < -0.3 is 5.11 Å². The largest absolute Gasteiger partial charge is 0.416 e. The van der Waals surface area contributed by atoms with E-state index in [1.165, 1.54) is 12.1 Å². The number of hydrogen-bond donors (Lipinski definition) is 1. The monoisotopic (exact) mass is 346 g/mol. The minimum Gasteiger partial charge on any atom is -0.394 e. The molecule has 0 atom stereocenters. The van der Waals surface area contributed by atoms with E-state index in [1.54, 1.807) is 16.9 Å². The summed E-state index contributed by atoms with van der Waals surface area (Å²) in [6.45, 7) is 0.392. The average molecular weight is 346 g/mol. The zero-order valence-corrected chi connectivity index (χ0v) is 13.4. The van der Waals surface area contributed by atoms with E-state index in [-0.39, 0.29) is 6.61 Å². The first kappa shape index (κ1) is 17.2. The van der Waals surface area contributed by atoms with Crippen LogP contribution in [0.25, 0.3) is 11.1 Å². The normalized spacial score (nSPS) is 11.7. The second-order valence-electron chi connectivity index (χ2n) is 5.75. The molecule has 0 aliphatic carbocycles. The molecule has 0 radical (unpaired) electrons. The number of rotatable bonds is 5. The number of alkyl halides is 3. The summed E-state index contributed by atoms with van der Waals surface area (Å²) in [4.78, 5) is 0. The molecule has 1 N–H and O–H groups in total. The van der Waals surface area contributed by atoms with Gasteiger partial charge in [0.1, 0.15) is 0 Å². The van der Waals surface area contributed by atoms with Crippen molar-refractivity contribution in [1.82, 2.24) is 9.78 Å². The first-order valence-corrected chi connectivity index (χ1v) is 7.85. The number of aliphatic hydroxyl groups excluding tert-OH is 1. The standard InChI is InChI=1S/C19H17F3N2O/c20-19(21,22)17-6-3-4-14(11-17)10-15-5-1-2-7-18(15)16-12-23-24(13-16)8-9-25/h1-7,11-13,25H,8-10H2. The summed E-state index contributed by atoms with van der Waals surface area (Å²) < 4.78 is 40.3. The molecule has 0 spiro atoms. The summed E-state index contributed by atoms with van der Waals surface area (Å²) in [6, 6.07) is 13.0. The summed E-state index contributed by atoms with van der Waals surface area (Å²) in [7, 11) is 0. The van der Waals surface area contributed by atoms with Crippen molar-refractivity contribution in [2.45, 2.75) is 19.1 Å². The number of aliphatic hydroxyl groups is 1. The molecule has 1 heterocycles. The predicted molar refractivity (Wildman–Crippen MR) is 89.0 cm³/mol. The highest BCUT2D eigenvalue weighted by molar-refractivity contribution is 5.66. The van der Waals surface area contributed by atoms with Gasteiger partial charge in [0, 0.05) is 11.8 Å². The third-order valence-electron chi connectivity index (χ3n) is 3.94. The zero-order chi connectivity index (χ0) is 17.9. The Morgan fingerprint density at radius 2 is 1.84 bits per heavy atom. The molecule has 1 aromatic heterocycles. The number of aromatic nitrogens is 2. The summed E-state index contributed by atoms with van der Waals surface area (Å²) in [5, 5.41) is 13.2. The Labute approximate surface area is 143 Å². The van der Waals surface area contributed by atoms with Crippen LogP contribution >= 0.6 is 0 Å². The van der Waals surface area contributed by atoms with Gasteiger partial charge in [-0.25, -0.2) is 0 Å².